The van der Waals surface area contributed by atoms with Gasteiger partial charge < -0.3 is 16.0 Å². The summed E-state index contributed by atoms with van der Waals surface area (Å²) in [5, 5.41) is 2.80. The molecule has 0 aliphatic rings. The van der Waals surface area contributed by atoms with Crippen LogP contribution >= 0.6 is 0 Å². The molecule has 0 heterocycles. The van der Waals surface area contributed by atoms with Crippen LogP contribution < -0.4 is 16.0 Å². The molecule has 0 aromatic heterocycles. The lowest BCUT2D eigenvalue weighted by Gasteiger charge is -2.19. The van der Waals surface area contributed by atoms with Crippen LogP contribution in [0.3, 0.4) is 0 Å². The van der Waals surface area contributed by atoms with E-state index in [9.17, 15) is 4.79 Å². The lowest BCUT2D eigenvalue weighted by atomic mass is 10.3. The average Bonchev–Trinajstić information content (AvgIpc) is 2.35. The van der Waals surface area contributed by atoms with E-state index in [1.165, 1.54) is 5.69 Å². The number of anilines is 1. The molecular formula is C13H21N3O. The van der Waals surface area contributed by atoms with Gasteiger partial charge in [0.05, 0.1) is 6.04 Å². The second-order valence-electron chi connectivity index (χ2n) is 4.19. The van der Waals surface area contributed by atoms with Gasteiger partial charge in [-0.05, 0) is 25.5 Å². The normalized spacial score (nSPS) is 11.9. The van der Waals surface area contributed by atoms with Gasteiger partial charge in [-0.3, -0.25) is 4.79 Å². The fraction of sp³-hybridized carbons (Fsp3) is 0.462. The number of amides is 1. The van der Waals surface area contributed by atoms with Crippen molar-refractivity contribution in [1.29, 1.82) is 0 Å². The topological polar surface area (TPSA) is 58.4 Å². The molecule has 0 bridgehead atoms. The van der Waals surface area contributed by atoms with Crippen LogP contribution in [-0.2, 0) is 4.79 Å². The second kappa shape index (κ2) is 6.91. The number of hydrogen-bond acceptors (Lipinski definition) is 3. The molecule has 17 heavy (non-hydrogen) atoms. The van der Waals surface area contributed by atoms with Gasteiger partial charge in [-0.1, -0.05) is 18.2 Å². The van der Waals surface area contributed by atoms with Gasteiger partial charge in [-0.15, -0.1) is 0 Å². The Labute approximate surface area is 103 Å². The molecule has 0 aliphatic carbocycles. The van der Waals surface area contributed by atoms with Crippen molar-refractivity contribution in [3.05, 3.63) is 30.3 Å². The van der Waals surface area contributed by atoms with Crippen molar-refractivity contribution in [2.75, 3.05) is 25.0 Å². The number of nitrogens with one attached hydrogen (secondary N) is 1. The van der Waals surface area contributed by atoms with E-state index in [1.54, 1.807) is 6.92 Å². The SMILES string of the molecule is C[C@H](N)C(=O)NCCCN(C)c1ccccc1. The van der Waals surface area contributed by atoms with Crippen molar-refractivity contribution >= 4 is 11.6 Å². The van der Waals surface area contributed by atoms with Crippen LogP contribution in [0.5, 0.6) is 0 Å². The monoisotopic (exact) mass is 235 g/mol. The Kier molecular flexibility index (Phi) is 5.49. The molecule has 0 saturated heterocycles. The third-order valence-corrected chi connectivity index (χ3v) is 2.58. The maximum Gasteiger partial charge on any atom is 0.236 e. The van der Waals surface area contributed by atoms with Gasteiger partial charge in [0, 0.05) is 25.8 Å². The summed E-state index contributed by atoms with van der Waals surface area (Å²) in [6, 6.07) is 9.75. The maximum absolute atomic E-state index is 11.2. The third-order valence-electron chi connectivity index (χ3n) is 2.58. The minimum Gasteiger partial charge on any atom is -0.375 e. The van der Waals surface area contributed by atoms with E-state index in [4.69, 9.17) is 5.73 Å². The number of nitrogens with two attached hydrogens (primary N) is 1. The zero-order chi connectivity index (χ0) is 12.7. The number of nitrogens with zero attached hydrogens (tertiary/aromatic N) is 1. The van der Waals surface area contributed by atoms with Crippen LogP contribution in [0.4, 0.5) is 5.69 Å². The quantitative estimate of drug-likeness (QED) is 0.723. The summed E-state index contributed by atoms with van der Waals surface area (Å²) in [4.78, 5) is 13.4. The van der Waals surface area contributed by atoms with Crippen molar-refractivity contribution < 1.29 is 4.79 Å². The first kappa shape index (κ1) is 13.5. The lowest BCUT2D eigenvalue weighted by Crippen LogP contribution is -2.39. The van der Waals surface area contributed by atoms with E-state index in [0.717, 1.165) is 13.0 Å². The third kappa shape index (κ3) is 4.87. The first-order valence-electron chi connectivity index (χ1n) is 5.90. The highest BCUT2D eigenvalue weighted by molar-refractivity contribution is 5.80. The molecule has 1 atom stereocenters. The van der Waals surface area contributed by atoms with Crippen LogP contribution in [0.1, 0.15) is 13.3 Å². The molecule has 0 aliphatic heterocycles. The molecule has 3 N–H and O–H groups in total. The van der Waals surface area contributed by atoms with Crippen LogP contribution in [0.25, 0.3) is 0 Å². The Morgan fingerprint density at radius 1 is 1.41 bits per heavy atom. The molecule has 0 unspecified atom stereocenters. The molecule has 4 heteroatoms. The lowest BCUT2D eigenvalue weighted by molar-refractivity contribution is -0.121. The number of rotatable bonds is 6. The van der Waals surface area contributed by atoms with Gasteiger partial charge >= 0.3 is 0 Å². The predicted molar refractivity (Wildman–Crippen MR) is 71.0 cm³/mol. The number of carbonyl (C=O) groups excluding carboxylic acids is 1. The Hall–Kier alpha value is -1.55. The molecule has 1 rings (SSSR count). The highest BCUT2D eigenvalue weighted by Crippen LogP contribution is 2.10. The van der Waals surface area contributed by atoms with E-state index >= 15 is 0 Å². The van der Waals surface area contributed by atoms with E-state index in [0.29, 0.717) is 6.54 Å². The number of hydrogen-bond donors (Lipinski definition) is 2. The largest absolute Gasteiger partial charge is 0.375 e. The van der Waals surface area contributed by atoms with Crippen LogP contribution in [0.2, 0.25) is 0 Å². The van der Waals surface area contributed by atoms with Crippen molar-refractivity contribution in [3.63, 3.8) is 0 Å². The molecule has 1 amide bonds. The molecule has 0 spiro atoms. The van der Waals surface area contributed by atoms with E-state index < -0.39 is 6.04 Å². The van der Waals surface area contributed by atoms with Gasteiger partial charge in [0.25, 0.3) is 0 Å². The smallest absolute Gasteiger partial charge is 0.236 e. The summed E-state index contributed by atoms with van der Waals surface area (Å²) in [5.74, 6) is -0.0904. The highest BCUT2D eigenvalue weighted by atomic mass is 16.2. The summed E-state index contributed by atoms with van der Waals surface area (Å²) < 4.78 is 0. The van der Waals surface area contributed by atoms with E-state index in [2.05, 4.69) is 22.3 Å². The van der Waals surface area contributed by atoms with Crippen LogP contribution in [0.15, 0.2) is 30.3 Å². The van der Waals surface area contributed by atoms with Crippen LogP contribution in [0, 0.1) is 0 Å². The first-order valence-corrected chi connectivity index (χ1v) is 5.90. The van der Waals surface area contributed by atoms with Crippen molar-refractivity contribution in [2.24, 2.45) is 5.73 Å². The van der Waals surface area contributed by atoms with Crippen molar-refractivity contribution in [2.45, 2.75) is 19.4 Å². The minimum absolute atomic E-state index is 0.0904. The second-order valence-corrected chi connectivity index (χ2v) is 4.19. The molecule has 1 aromatic carbocycles. The Morgan fingerprint density at radius 2 is 2.06 bits per heavy atom. The van der Waals surface area contributed by atoms with Gasteiger partial charge in [-0.2, -0.15) is 0 Å². The van der Waals surface area contributed by atoms with Gasteiger partial charge in [-0.25, -0.2) is 0 Å². The van der Waals surface area contributed by atoms with Gasteiger partial charge in [0.2, 0.25) is 5.91 Å². The molecule has 0 fully saturated rings. The standard InChI is InChI=1S/C13H21N3O/c1-11(14)13(17)15-9-6-10-16(2)12-7-4-3-5-8-12/h3-5,7-8,11H,6,9-10,14H2,1-2H3,(H,15,17)/t11-/m0/s1. The summed E-state index contributed by atoms with van der Waals surface area (Å²) in [7, 11) is 2.04. The summed E-state index contributed by atoms with van der Waals surface area (Å²) in [6.45, 7) is 3.26. The Balaban J connectivity index is 2.21. The van der Waals surface area contributed by atoms with E-state index in [-0.39, 0.29) is 5.91 Å². The molecule has 4 nitrogen and oxygen atoms in total. The van der Waals surface area contributed by atoms with Crippen molar-refractivity contribution in [3.8, 4) is 0 Å². The summed E-state index contributed by atoms with van der Waals surface area (Å²) in [5.41, 5.74) is 6.63. The van der Waals surface area contributed by atoms with Crippen molar-refractivity contribution in [1.82, 2.24) is 5.32 Å². The molecule has 0 saturated carbocycles. The Morgan fingerprint density at radius 3 is 2.65 bits per heavy atom. The van der Waals surface area contributed by atoms with Crippen LogP contribution in [-0.4, -0.2) is 32.1 Å². The number of carbonyl (C=O) groups is 1. The fourth-order valence-corrected chi connectivity index (χ4v) is 1.50. The molecule has 1 aromatic rings. The van der Waals surface area contributed by atoms with Gasteiger partial charge in [0.1, 0.15) is 0 Å². The highest BCUT2D eigenvalue weighted by Gasteiger charge is 2.05. The maximum atomic E-state index is 11.2. The summed E-state index contributed by atoms with van der Waals surface area (Å²) in [6.07, 6.45) is 0.907. The first-order chi connectivity index (χ1) is 8.11. The Bertz CT molecular complexity index is 338. The zero-order valence-corrected chi connectivity index (χ0v) is 10.5. The molecular weight excluding hydrogens is 214 g/mol. The molecule has 94 valence electrons. The minimum atomic E-state index is -0.429. The van der Waals surface area contributed by atoms with E-state index in [1.807, 2.05) is 25.2 Å². The summed E-state index contributed by atoms with van der Waals surface area (Å²) >= 11 is 0. The number of para-hydroxylation sites is 1. The average molecular weight is 235 g/mol. The zero-order valence-electron chi connectivity index (χ0n) is 10.5. The molecule has 0 radical (unpaired) electrons. The number of benzene rings is 1. The fourth-order valence-electron chi connectivity index (χ4n) is 1.50. The van der Waals surface area contributed by atoms with Gasteiger partial charge in [0.15, 0.2) is 0 Å². The predicted octanol–water partition coefficient (Wildman–Crippen LogP) is 0.976.